The molecule has 36 heavy (non-hydrogen) atoms. The Bertz CT molecular complexity index is 1210. The number of benzene rings is 2. The van der Waals surface area contributed by atoms with Gasteiger partial charge in [-0.2, -0.15) is 13.2 Å². The van der Waals surface area contributed by atoms with E-state index in [4.69, 9.17) is 4.74 Å². The standard InChI is InChI=1S/C26H27F6N3O/c1-15-8-19-18-4-2-3-5-22(18)33-24(19)25(35(15)14-26(30,31)32)23-20(28)9-17(10-21(23)29)36-7-6-34-12-16(11-27)13-34/h2-5,9-10,15-16,25,33H,6-8,11-14H2,1H3/t15-,25-/m1/s1. The van der Waals surface area contributed by atoms with Crippen LogP contribution in [0.3, 0.4) is 0 Å². The van der Waals surface area contributed by atoms with E-state index in [9.17, 15) is 17.6 Å². The van der Waals surface area contributed by atoms with Crippen LogP contribution in [0.1, 0.15) is 29.8 Å². The fraction of sp³-hybridized carbons (Fsp3) is 0.462. The van der Waals surface area contributed by atoms with E-state index >= 15 is 8.78 Å². The Labute approximate surface area is 204 Å². The van der Waals surface area contributed by atoms with Crippen molar-refractivity contribution in [3.05, 3.63) is 64.9 Å². The fourth-order valence-electron chi connectivity index (χ4n) is 5.43. The molecule has 2 aliphatic rings. The SMILES string of the molecule is C[C@@H]1Cc2c([nH]c3ccccc23)[C@@H](c2c(F)cc(OCCN3CC(CF)C3)cc2F)N1CC(F)(F)F. The predicted octanol–water partition coefficient (Wildman–Crippen LogP) is 5.62. The molecule has 2 atom stereocenters. The van der Waals surface area contributed by atoms with Crippen LogP contribution in [0.2, 0.25) is 0 Å². The van der Waals surface area contributed by atoms with Crippen molar-refractivity contribution in [1.29, 1.82) is 0 Å². The van der Waals surface area contributed by atoms with Crippen LogP contribution in [0.5, 0.6) is 5.75 Å². The van der Waals surface area contributed by atoms with Crippen LogP contribution in [-0.2, 0) is 6.42 Å². The number of nitrogens with zero attached hydrogens (tertiary/aromatic N) is 2. The van der Waals surface area contributed by atoms with Crippen LogP contribution in [0.4, 0.5) is 26.3 Å². The van der Waals surface area contributed by atoms with Gasteiger partial charge in [0.1, 0.15) is 24.0 Å². The third-order valence-corrected chi connectivity index (χ3v) is 7.13. The molecule has 1 saturated heterocycles. The van der Waals surface area contributed by atoms with E-state index in [1.54, 1.807) is 19.1 Å². The summed E-state index contributed by atoms with van der Waals surface area (Å²) in [6.07, 6.45) is -4.24. The maximum absolute atomic E-state index is 15.4. The first kappa shape index (κ1) is 25.0. The zero-order valence-corrected chi connectivity index (χ0v) is 19.7. The maximum Gasteiger partial charge on any atom is 0.401 e. The van der Waals surface area contributed by atoms with Crippen LogP contribution >= 0.6 is 0 Å². The molecule has 10 heteroatoms. The fourth-order valence-corrected chi connectivity index (χ4v) is 5.43. The number of hydrogen-bond acceptors (Lipinski definition) is 3. The molecular formula is C26H27F6N3O. The number of aromatic amines is 1. The maximum atomic E-state index is 15.4. The Balaban J connectivity index is 1.47. The molecule has 1 aromatic heterocycles. The average Bonchev–Trinajstić information content (AvgIpc) is 3.14. The van der Waals surface area contributed by atoms with E-state index in [2.05, 4.69) is 4.98 Å². The van der Waals surface area contributed by atoms with Crippen molar-refractivity contribution in [2.24, 2.45) is 5.92 Å². The highest BCUT2D eigenvalue weighted by Crippen LogP contribution is 2.44. The highest BCUT2D eigenvalue weighted by molar-refractivity contribution is 5.85. The lowest BCUT2D eigenvalue weighted by Gasteiger charge is -2.41. The minimum atomic E-state index is -4.55. The number of para-hydroxylation sites is 1. The Kier molecular flexibility index (Phi) is 6.67. The Morgan fingerprint density at radius 1 is 1.08 bits per heavy atom. The summed E-state index contributed by atoms with van der Waals surface area (Å²) in [5, 5.41) is 0.831. The number of fused-ring (bicyclic) bond motifs is 3. The van der Waals surface area contributed by atoms with Gasteiger partial charge in [-0.05, 0) is 25.0 Å². The lowest BCUT2D eigenvalue weighted by molar-refractivity contribution is -0.155. The zero-order chi connectivity index (χ0) is 25.6. The molecule has 194 valence electrons. The number of rotatable bonds is 7. The normalized spacial score (nSPS) is 21.5. The lowest BCUT2D eigenvalue weighted by atomic mass is 9.88. The van der Waals surface area contributed by atoms with Crippen LogP contribution in [0, 0.1) is 17.6 Å². The molecule has 0 bridgehead atoms. The smallest absolute Gasteiger partial charge is 0.401 e. The summed E-state index contributed by atoms with van der Waals surface area (Å²) in [5.41, 5.74) is 1.39. The van der Waals surface area contributed by atoms with Gasteiger partial charge in [-0.25, -0.2) is 8.78 Å². The topological polar surface area (TPSA) is 31.5 Å². The number of halogens is 6. The minimum Gasteiger partial charge on any atom is -0.492 e. The number of H-pyrrole nitrogens is 1. The van der Waals surface area contributed by atoms with Crippen molar-refractivity contribution in [1.82, 2.24) is 14.8 Å². The van der Waals surface area contributed by atoms with E-state index in [0.29, 0.717) is 37.3 Å². The number of aromatic nitrogens is 1. The first-order valence-corrected chi connectivity index (χ1v) is 12.0. The Hall–Kier alpha value is -2.72. The summed E-state index contributed by atoms with van der Waals surface area (Å²) in [6, 6.07) is 7.41. The quantitative estimate of drug-likeness (QED) is 0.418. The second-order valence-corrected chi connectivity index (χ2v) is 9.73. The van der Waals surface area contributed by atoms with Crippen molar-refractivity contribution in [2.75, 3.05) is 39.5 Å². The summed E-state index contributed by atoms with van der Waals surface area (Å²) in [6.45, 7) is 1.83. The molecule has 0 unspecified atom stereocenters. The van der Waals surface area contributed by atoms with E-state index in [-0.39, 0.29) is 24.9 Å². The van der Waals surface area contributed by atoms with Crippen molar-refractivity contribution < 1.29 is 31.1 Å². The number of ether oxygens (including phenoxy) is 1. The molecule has 5 rings (SSSR count). The van der Waals surface area contributed by atoms with Gasteiger partial charge in [0, 0.05) is 65.9 Å². The van der Waals surface area contributed by atoms with Gasteiger partial charge >= 0.3 is 6.18 Å². The average molecular weight is 512 g/mol. The summed E-state index contributed by atoms with van der Waals surface area (Å²) < 4.78 is 89.6. The molecule has 2 aliphatic heterocycles. The van der Waals surface area contributed by atoms with Crippen LogP contribution in [0.15, 0.2) is 36.4 Å². The molecule has 0 aliphatic carbocycles. The second-order valence-electron chi connectivity index (χ2n) is 9.73. The van der Waals surface area contributed by atoms with E-state index in [1.165, 1.54) is 0 Å². The highest BCUT2D eigenvalue weighted by atomic mass is 19.4. The van der Waals surface area contributed by atoms with Crippen molar-refractivity contribution in [2.45, 2.75) is 31.6 Å². The van der Waals surface area contributed by atoms with E-state index in [1.807, 2.05) is 17.0 Å². The lowest BCUT2D eigenvalue weighted by Crippen LogP contribution is -2.49. The monoisotopic (exact) mass is 511 g/mol. The molecule has 2 aromatic carbocycles. The van der Waals surface area contributed by atoms with Crippen molar-refractivity contribution in [3.63, 3.8) is 0 Å². The predicted molar refractivity (Wildman–Crippen MR) is 124 cm³/mol. The van der Waals surface area contributed by atoms with Gasteiger partial charge in [-0.1, -0.05) is 18.2 Å². The zero-order valence-electron chi connectivity index (χ0n) is 19.7. The minimum absolute atomic E-state index is 0.0197. The van der Waals surface area contributed by atoms with Gasteiger partial charge < -0.3 is 9.72 Å². The number of likely N-dealkylation sites (tertiary alicyclic amines) is 1. The van der Waals surface area contributed by atoms with Crippen molar-refractivity contribution >= 4 is 10.9 Å². The summed E-state index contributed by atoms with van der Waals surface area (Å²) in [4.78, 5) is 6.21. The molecule has 3 aromatic rings. The van der Waals surface area contributed by atoms with E-state index < -0.39 is 42.0 Å². The molecular weight excluding hydrogens is 484 g/mol. The summed E-state index contributed by atoms with van der Waals surface area (Å²) in [7, 11) is 0. The summed E-state index contributed by atoms with van der Waals surface area (Å²) in [5.74, 6) is -1.96. The number of nitrogens with one attached hydrogen (secondary N) is 1. The van der Waals surface area contributed by atoms with Crippen LogP contribution < -0.4 is 4.74 Å². The third-order valence-electron chi connectivity index (χ3n) is 7.13. The largest absolute Gasteiger partial charge is 0.492 e. The van der Waals surface area contributed by atoms with Crippen LogP contribution in [-0.4, -0.2) is 66.5 Å². The van der Waals surface area contributed by atoms with Gasteiger partial charge in [0.05, 0.1) is 19.3 Å². The molecule has 1 N–H and O–H groups in total. The Morgan fingerprint density at radius 2 is 1.78 bits per heavy atom. The van der Waals surface area contributed by atoms with Crippen molar-refractivity contribution in [3.8, 4) is 5.75 Å². The Morgan fingerprint density at radius 3 is 2.44 bits per heavy atom. The molecule has 0 saturated carbocycles. The first-order valence-electron chi connectivity index (χ1n) is 12.0. The van der Waals surface area contributed by atoms with Gasteiger partial charge in [-0.3, -0.25) is 14.2 Å². The number of alkyl halides is 4. The second kappa shape index (κ2) is 9.63. The first-order chi connectivity index (χ1) is 17.1. The van der Waals surface area contributed by atoms with Gasteiger partial charge in [0.25, 0.3) is 0 Å². The third kappa shape index (κ3) is 4.80. The van der Waals surface area contributed by atoms with Gasteiger partial charge in [0.15, 0.2) is 0 Å². The van der Waals surface area contributed by atoms with Gasteiger partial charge in [-0.15, -0.1) is 0 Å². The number of hydrogen-bond donors (Lipinski definition) is 1. The molecule has 3 heterocycles. The molecule has 0 radical (unpaired) electrons. The summed E-state index contributed by atoms with van der Waals surface area (Å²) >= 11 is 0. The van der Waals surface area contributed by atoms with Gasteiger partial charge in [0.2, 0.25) is 0 Å². The molecule has 0 spiro atoms. The molecule has 0 amide bonds. The van der Waals surface area contributed by atoms with E-state index in [0.717, 1.165) is 28.0 Å². The van der Waals surface area contributed by atoms with Crippen LogP contribution in [0.25, 0.3) is 10.9 Å². The molecule has 1 fully saturated rings. The highest BCUT2D eigenvalue weighted by Gasteiger charge is 2.43. The molecule has 4 nitrogen and oxygen atoms in total.